The van der Waals surface area contributed by atoms with Crippen LogP contribution in [-0.2, 0) is 22.4 Å². The van der Waals surface area contributed by atoms with Crippen LogP contribution in [0.1, 0.15) is 11.1 Å². The Morgan fingerprint density at radius 3 is 2.45 bits per heavy atom. The number of nitrogens with zero attached hydrogens (tertiary/aromatic N) is 2. The number of carbonyl (C=O) groups is 1. The fraction of sp³-hybridized carbons (Fsp3) is 0.276. The summed E-state index contributed by atoms with van der Waals surface area (Å²) in [6, 6.07) is 16.7. The molecular weight excluding hydrogens is 488 g/mol. The van der Waals surface area contributed by atoms with Crippen LogP contribution in [0.25, 0.3) is 10.9 Å². The highest BCUT2D eigenvalue weighted by Gasteiger charge is 2.25. The van der Waals surface area contributed by atoms with Crippen molar-refractivity contribution < 1.29 is 33.2 Å². The fourth-order valence-corrected chi connectivity index (χ4v) is 4.19. The highest BCUT2D eigenvalue weighted by molar-refractivity contribution is 5.94. The zero-order valence-electron chi connectivity index (χ0n) is 21.3. The molecule has 0 atom stereocenters. The van der Waals surface area contributed by atoms with Crippen LogP contribution in [0.4, 0.5) is 0 Å². The first-order valence-corrected chi connectivity index (χ1v) is 12.2. The summed E-state index contributed by atoms with van der Waals surface area (Å²) in [5.74, 6) is 3.25. The van der Waals surface area contributed by atoms with Gasteiger partial charge in [0.15, 0.2) is 11.5 Å². The summed E-state index contributed by atoms with van der Waals surface area (Å²) >= 11 is 0. The summed E-state index contributed by atoms with van der Waals surface area (Å²) in [5, 5.41) is 0.596. The van der Waals surface area contributed by atoms with Gasteiger partial charge in [0.2, 0.25) is 11.6 Å². The van der Waals surface area contributed by atoms with Crippen LogP contribution >= 0.6 is 0 Å². The molecule has 0 unspecified atom stereocenters. The number of benzene rings is 3. The van der Waals surface area contributed by atoms with Gasteiger partial charge in [-0.05, 0) is 35.4 Å². The number of ether oxygens (including phenoxy) is 6. The number of fused-ring (bicyclic) bond motifs is 3. The molecule has 0 amide bonds. The molecule has 9 nitrogen and oxygen atoms in total. The average Bonchev–Trinajstić information content (AvgIpc) is 2.94. The van der Waals surface area contributed by atoms with Crippen molar-refractivity contribution in [1.29, 1.82) is 0 Å². The molecule has 0 aliphatic carbocycles. The fourth-order valence-electron chi connectivity index (χ4n) is 4.19. The zero-order chi connectivity index (χ0) is 26.3. The predicted molar refractivity (Wildman–Crippen MR) is 140 cm³/mol. The van der Waals surface area contributed by atoms with Crippen LogP contribution in [0.15, 0.2) is 60.9 Å². The molecule has 9 heteroatoms. The lowest BCUT2D eigenvalue weighted by Crippen LogP contribution is -2.17. The molecule has 0 N–H and O–H groups in total. The molecule has 0 fully saturated rings. The Labute approximate surface area is 220 Å². The lowest BCUT2D eigenvalue weighted by atomic mass is 10.0. The van der Waals surface area contributed by atoms with Crippen LogP contribution in [-0.4, -0.2) is 56.4 Å². The highest BCUT2D eigenvalue weighted by atomic mass is 16.6. The molecule has 0 saturated heterocycles. The van der Waals surface area contributed by atoms with Gasteiger partial charge in [-0.3, -0.25) is 4.79 Å². The maximum atomic E-state index is 12.6. The predicted octanol–water partition coefficient (Wildman–Crippen LogP) is 4.58. The molecule has 0 bridgehead atoms. The number of ketones is 1. The van der Waals surface area contributed by atoms with Crippen molar-refractivity contribution in [1.82, 2.24) is 9.97 Å². The van der Waals surface area contributed by atoms with E-state index in [9.17, 15) is 4.79 Å². The molecule has 1 aliphatic heterocycles. The first-order valence-electron chi connectivity index (χ1n) is 12.2. The van der Waals surface area contributed by atoms with Crippen LogP contribution in [0, 0.1) is 0 Å². The summed E-state index contributed by atoms with van der Waals surface area (Å²) in [6.07, 6.45) is 2.09. The normalized spacial score (nSPS) is 12.3. The lowest BCUT2D eigenvalue weighted by Gasteiger charge is -2.23. The molecular formula is C29H28N2O7. The topological polar surface area (TPSA) is 98.2 Å². The second-order valence-electron chi connectivity index (χ2n) is 8.63. The molecule has 1 aliphatic rings. The van der Waals surface area contributed by atoms with Gasteiger partial charge in [0.25, 0.3) is 0 Å². The van der Waals surface area contributed by atoms with Crippen molar-refractivity contribution in [3.05, 3.63) is 72.1 Å². The quantitative estimate of drug-likeness (QED) is 0.265. The maximum Gasteiger partial charge on any atom is 0.234 e. The number of rotatable bonds is 11. The van der Waals surface area contributed by atoms with E-state index in [-0.39, 0.29) is 5.78 Å². The first kappa shape index (κ1) is 25.3. The first-order chi connectivity index (χ1) is 18.6. The summed E-state index contributed by atoms with van der Waals surface area (Å²) in [7, 11) is 3.23. The van der Waals surface area contributed by atoms with E-state index in [2.05, 4.69) is 9.97 Å². The minimum atomic E-state index is 0.112. The second-order valence-corrected chi connectivity index (χ2v) is 8.63. The average molecular weight is 517 g/mol. The number of aromatic nitrogens is 2. The van der Waals surface area contributed by atoms with Gasteiger partial charge < -0.3 is 28.4 Å². The molecule has 0 spiro atoms. The third-order valence-corrected chi connectivity index (χ3v) is 5.96. The van der Waals surface area contributed by atoms with Crippen LogP contribution in [0.5, 0.6) is 34.6 Å². The van der Waals surface area contributed by atoms with Crippen molar-refractivity contribution in [2.75, 3.05) is 40.6 Å². The van der Waals surface area contributed by atoms with E-state index in [0.29, 0.717) is 79.1 Å². The van der Waals surface area contributed by atoms with Crippen molar-refractivity contribution in [2.45, 2.75) is 12.8 Å². The van der Waals surface area contributed by atoms with Gasteiger partial charge in [-0.2, -0.15) is 0 Å². The van der Waals surface area contributed by atoms with Crippen LogP contribution in [0.2, 0.25) is 0 Å². The van der Waals surface area contributed by atoms with Gasteiger partial charge in [-0.15, -0.1) is 0 Å². The van der Waals surface area contributed by atoms with Crippen LogP contribution in [0.3, 0.4) is 0 Å². The largest absolute Gasteiger partial charge is 0.497 e. The Morgan fingerprint density at radius 1 is 0.868 bits per heavy atom. The van der Waals surface area contributed by atoms with E-state index >= 15 is 0 Å². The van der Waals surface area contributed by atoms with Gasteiger partial charge in [-0.25, -0.2) is 9.97 Å². The van der Waals surface area contributed by atoms with Crippen molar-refractivity contribution >= 4 is 16.7 Å². The maximum absolute atomic E-state index is 12.6. The van der Waals surface area contributed by atoms with Gasteiger partial charge >= 0.3 is 0 Å². The Hall–Kier alpha value is -4.37. The molecule has 196 valence electrons. The summed E-state index contributed by atoms with van der Waals surface area (Å²) in [5.41, 5.74) is 2.42. The monoisotopic (exact) mass is 516 g/mol. The van der Waals surface area contributed by atoms with Crippen molar-refractivity contribution in [3.8, 4) is 34.6 Å². The molecule has 5 rings (SSSR count). The number of methoxy groups -OCH3 is 2. The summed E-state index contributed by atoms with van der Waals surface area (Å²) < 4.78 is 34.1. The molecule has 4 aromatic rings. The van der Waals surface area contributed by atoms with Crippen LogP contribution < -0.4 is 23.7 Å². The lowest BCUT2D eigenvalue weighted by molar-refractivity contribution is -0.117. The molecule has 3 aromatic carbocycles. The molecule has 0 saturated carbocycles. The molecule has 1 aromatic heterocycles. The van der Waals surface area contributed by atoms with Gasteiger partial charge in [0.05, 0.1) is 19.2 Å². The SMILES string of the molecule is COCCOc1cc2ncnc(Oc3ccc(CC(=O)Cc4cccc(OC)c4)cc3)c2c2c1OCCO2. The Bertz CT molecular complexity index is 1420. The van der Waals surface area contributed by atoms with Gasteiger partial charge in [0, 0.05) is 26.0 Å². The summed E-state index contributed by atoms with van der Waals surface area (Å²) in [6.45, 7) is 1.59. The molecule has 2 heterocycles. The van der Waals surface area contributed by atoms with Crippen molar-refractivity contribution in [2.24, 2.45) is 0 Å². The van der Waals surface area contributed by atoms with E-state index in [1.54, 1.807) is 20.3 Å². The zero-order valence-corrected chi connectivity index (χ0v) is 21.3. The minimum absolute atomic E-state index is 0.112. The Kier molecular flexibility index (Phi) is 7.84. The molecule has 38 heavy (non-hydrogen) atoms. The summed E-state index contributed by atoms with van der Waals surface area (Å²) in [4.78, 5) is 21.4. The van der Waals surface area contributed by atoms with E-state index in [4.69, 9.17) is 28.4 Å². The standard InChI is InChI=1S/C29H28N2O7/c1-33-10-11-35-25-17-24-26(28-27(25)36-12-13-37-28)29(31-18-30-24)38-22-8-6-19(7-9-22)14-21(32)15-20-4-3-5-23(16-20)34-2/h3-9,16-18H,10-15H2,1-2H3. The van der Waals surface area contributed by atoms with Gasteiger partial charge in [-0.1, -0.05) is 24.3 Å². The van der Waals surface area contributed by atoms with Crippen molar-refractivity contribution in [3.63, 3.8) is 0 Å². The second kappa shape index (κ2) is 11.8. The Morgan fingerprint density at radius 2 is 1.66 bits per heavy atom. The molecule has 0 radical (unpaired) electrons. The third-order valence-electron chi connectivity index (χ3n) is 5.96. The highest BCUT2D eigenvalue weighted by Crippen LogP contribution is 2.47. The number of Topliss-reactive ketones (excluding diaryl/α,β-unsaturated/α-hetero) is 1. The third kappa shape index (κ3) is 5.78. The van der Waals surface area contributed by atoms with E-state index in [1.165, 1.54) is 6.33 Å². The van der Waals surface area contributed by atoms with E-state index in [1.807, 2.05) is 48.5 Å². The van der Waals surface area contributed by atoms with Gasteiger partial charge in [0.1, 0.15) is 48.8 Å². The Balaban J connectivity index is 1.32. The smallest absolute Gasteiger partial charge is 0.234 e. The number of carbonyl (C=O) groups excluding carboxylic acids is 1. The number of hydrogen-bond acceptors (Lipinski definition) is 9. The van der Waals surface area contributed by atoms with E-state index < -0.39 is 0 Å². The van der Waals surface area contributed by atoms with E-state index in [0.717, 1.165) is 16.9 Å². The minimum Gasteiger partial charge on any atom is -0.497 e. The number of hydrogen-bond donors (Lipinski definition) is 0.